The van der Waals surface area contributed by atoms with Gasteiger partial charge in [0.25, 0.3) is 0 Å². The van der Waals surface area contributed by atoms with Crippen molar-refractivity contribution < 1.29 is 4.79 Å². The molecule has 1 aliphatic rings. The first-order valence-electron chi connectivity index (χ1n) is 9.78. The van der Waals surface area contributed by atoms with E-state index < -0.39 is 0 Å². The maximum Gasteiger partial charge on any atom is 0.220 e. The summed E-state index contributed by atoms with van der Waals surface area (Å²) in [7, 11) is 0. The van der Waals surface area contributed by atoms with E-state index >= 15 is 0 Å². The van der Waals surface area contributed by atoms with Crippen LogP contribution in [0.5, 0.6) is 0 Å². The summed E-state index contributed by atoms with van der Waals surface area (Å²) in [6.45, 7) is 7.11. The van der Waals surface area contributed by atoms with Crippen molar-refractivity contribution in [2.75, 3.05) is 0 Å². The van der Waals surface area contributed by atoms with Crippen LogP contribution < -0.4 is 5.32 Å². The molecule has 0 atom stereocenters. The smallest absolute Gasteiger partial charge is 0.220 e. The number of amides is 1. The maximum absolute atomic E-state index is 12.2. The molecule has 5 nitrogen and oxygen atoms in total. The predicted octanol–water partition coefficient (Wildman–Crippen LogP) is 3.76. The van der Waals surface area contributed by atoms with Gasteiger partial charge in [-0.05, 0) is 37.7 Å². The second-order valence-corrected chi connectivity index (χ2v) is 7.83. The lowest BCUT2D eigenvalue weighted by Gasteiger charge is -2.10. The number of rotatable bonds is 9. The number of carbonyl (C=O) groups excluding carboxylic acids is 1. The van der Waals surface area contributed by atoms with Crippen LogP contribution in [0.15, 0.2) is 24.3 Å². The van der Waals surface area contributed by atoms with Gasteiger partial charge in [0.05, 0.1) is 0 Å². The quantitative estimate of drug-likeness (QED) is 0.746. The Hall–Kier alpha value is -2.17. The molecular weight excluding hydrogens is 324 g/mol. The van der Waals surface area contributed by atoms with Crippen molar-refractivity contribution in [3.8, 4) is 0 Å². The molecule has 0 saturated heterocycles. The van der Waals surface area contributed by atoms with Crippen molar-refractivity contribution >= 4 is 5.91 Å². The highest BCUT2D eigenvalue weighted by Gasteiger charge is 2.29. The van der Waals surface area contributed by atoms with Gasteiger partial charge in [-0.15, -0.1) is 10.2 Å². The van der Waals surface area contributed by atoms with E-state index in [1.165, 1.54) is 18.4 Å². The predicted molar refractivity (Wildman–Crippen MR) is 103 cm³/mol. The first-order chi connectivity index (χ1) is 12.5. The molecule has 140 valence electrons. The largest absolute Gasteiger partial charge is 0.352 e. The molecule has 1 aliphatic carbocycles. The Morgan fingerprint density at radius 3 is 2.62 bits per heavy atom. The van der Waals surface area contributed by atoms with Crippen LogP contribution >= 0.6 is 0 Å². The van der Waals surface area contributed by atoms with Crippen LogP contribution in [0.2, 0.25) is 0 Å². The average Bonchev–Trinajstić information content (AvgIpc) is 3.36. The normalized spacial score (nSPS) is 14.0. The Morgan fingerprint density at radius 1 is 1.23 bits per heavy atom. The van der Waals surface area contributed by atoms with E-state index in [2.05, 4.69) is 53.0 Å². The van der Waals surface area contributed by atoms with Gasteiger partial charge in [0.1, 0.15) is 11.6 Å². The van der Waals surface area contributed by atoms with Crippen molar-refractivity contribution in [1.29, 1.82) is 0 Å². The number of hydrogen-bond acceptors (Lipinski definition) is 3. The summed E-state index contributed by atoms with van der Waals surface area (Å²) in [4.78, 5) is 12.2. The Kier molecular flexibility index (Phi) is 6.07. The third-order valence-corrected chi connectivity index (χ3v) is 4.84. The summed E-state index contributed by atoms with van der Waals surface area (Å²) < 4.78 is 2.30. The minimum Gasteiger partial charge on any atom is -0.352 e. The molecule has 2 aromatic rings. The standard InChI is InChI=1S/C21H30N4O/c1-15(2)7-10-19-23-24-20(25(19)18-8-9-18)11-12-21(26)22-14-17-6-4-5-16(3)13-17/h4-6,13,15,18H,7-12,14H2,1-3H3,(H,22,26). The van der Waals surface area contributed by atoms with Crippen molar-refractivity contribution in [3.63, 3.8) is 0 Å². The van der Waals surface area contributed by atoms with E-state index in [4.69, 9.17) is 0 Å². The van der Waals surface area contributed by atoms with Gasteiger partial charge in [-0.1, -0.05) is 43.7 Å². The molecule has 0 bridgehead atoms. The SMILES string of the molecule is Cc1cccc(CNC(=O)CCc2nnc(CCC(C)C)n2C2CC2)c1. The molecule has 0 aliphatic heterocycles. The number of nitrogens with zero attached hydrogens (tertiary/aromatic N) is 3. The number of nitrogens with one attached hydrogen (secondary N) is 1. The first kappa shape index (κ1) is 18.6. The van der Waals surface area contributed by atoms with Crippen LogP contribution in [-0.2, 0) is 24.2 Å². The molecule has 1 N–H and O–H groups in total. The maximum atomic E-state index is 12.2. The second-order valence-electron chi connectivity index (χ2n) is 7.83. The van der Waals surface area contributed by atoms with Gasteiger partial charge in [-0.25, -0.2) is 0 Å². The Labute approximate surface area is 156 Å². The topological polar surface area (TPSA) is 59.8 Å². The van der Waals surface area contributed by atoms with Gasteiger partial charge in [-0.2, -0.15) is 0 Å². The molecule has 1 aromatic heterocycles. The van der Waals surface area contributed by atoms with Crippen LogP contribution in [0.25, 0.3) is 0 Å². The lowest BCUT2D eigenvalue weighted by Crippen LogP contribution is -2.23. The summed E-state index contributed by atoms with van der Waals surface area (Å²) >= 11 is 0. The van der Waals surface area contributed by atoms with E-state index in [-0.39, 0.29) is 5.91 Å². The molecule has 1 saturated carbocycles. The number of aryl methyl sites for hydroxylation is 3. The minimum absolute atomic E-state index is 0.0700. The van der Waals surface area contributed by atoms with E-state index in [1.807, 2.05) is 12.1 Å². The third-order valence-electron chi connectivity index (χ3n) is 4.84. The van der Waals surface area contributed by atoms with Crippen molar-refractivity contribution in [3.05, 3.63) is 47.0 Å². The molecule has 5 heteroatoms. The molecular formula is C21H30N4O. The summed E-state index contributed by atoms with van der Waals surface area (Å²) in [5.74, 6) is 2.80. The van der Waals surface area contributed by atoms with Crippen molar-refractivity contribution in [1.82, 2.24) is 20.1 Å². The second kappa shape index (κ2) is 8.47. The van der Waals surface area contributed by atoms with Gasteiger partial charge in [0.15, 0.2) is 0 Å². The van der Waals surface area contributed by atoms with Gasteiger partial charge in [0.2, 0.25) is 5.91 Å². The lowest BCUT2D eigenvalue weighted by atomic mass is 10.1. The number of hydrogen-bond donors (Lipinski definition) is 1. The van der Waals surface area contributed by atoms with E-state index in [9.17, 15) is 4.79 Å². The molecule has 0 radical (unpaired) electrons. The van der Waals surface area contributed by atoms with Crippen LogP contribution in [0.4, 0.5) is 0 Å². The first-order valence-corrected chi connectivity index (χ1v) is 9.78. The fourth-order valence-corrected chi connectivity index (χ4v) is 3.21. The zero-order valence-corrected chi connectivity index (χ0v) is 16.2. The molecule has 1 aromatic carbocycles. The molecule has 1 heterocycles. The fraction of sp³-hybridized carbons (Fsp3) is 0.571. The van der Waals surface area contributed by atoms with Gasteiger partial charge in [0, 0.05) is 31.8 Å². The average molecular weight is 354 g/mol. The minimum atomic E-state index is 0.0700. The third kappa shape index (κ3) is 5.16. The number of aromatic nitrogens is 3. The lowest BCUT2D eigenvalue weighted by molar-refractivity contribution is -0.121. The van der Waals surface area contributed by atoms with Crippen molar-refractivity contribution in [2.45, 2.75) is 71.9 Å². The molecule has 1 amide bonds. The number of carbonyl (C=O) groups is 1. The zero-order valence-electron chi connectivity index (χ0n) is 16.2. The van der Waals surface area contributed by atoms with E-state index in [0.29, 0.717) is 31.3 Å². The Morgan fingerprint density at radius 2 is 1.96 bits per heavy atom. The van der Waals surface area contributed by atoms with Crippen LogP contribution in [-0.4, -0.2) is 20.7 Å². The van der Waals surface area contributed by atoms with Gasteiger partial charge < -0.3 is 9.88 Å². The molecule has 3 rings (SSSR count). The Bertz CT molecular complexity index is 746. The highest BCUT2D eigenvalue weighted by molar-refractivity contribution is 5.76. The highest BCUT2D eigenvalue weighted by atomic mass is 16.1. The van der Waals surface area contributed by atoms with Crippen LogP contribution in [0, 0.1) is 12.8 Å². The van der Waals surface area contributed by atoms with E-state index in [0.717, 1.165) is 30.1 Å². The van der Waals surface area contributed by atoms with Gasteiger partial charge in [-0.3, -0.25) is 4.79 Å². The summed E-state index contributed by atoms with van der Waals surface area (Å²) in [5.41, 5.74) is 2.35. The summed E-state index contributed by atoms with van der Waals surface area (Å²) in [6.07, 6.45) is 5.63. The summed E-state index contributed by atoms with van der Waals surface area (Å²) in [5, 5.41) is 11.8. The number of benzene rings is 1. The van der Waals surface area contributed by atoms with Crippen molar-refractivity contribution in [2.24, 2.45) is 5.92 Å². The van der Waals surface area contributed by atoms with E-state index in [1.54, 1.807) is 0 Å². The molecule has 0 unspecified atom stereocenters. The zero-order chi connectivity index (χ0) is 18.5. The molecule has 1 fully saturated rings. The highest BCUT2D eigenvalue weighted by Crippen LogP contribution is 2.37. The van der Waals surface area contributed by atoms with Crippen LogP contribution in [0.3, 0.4) is 0 Å². The fourth-order valence-electron chi connectivity index (χ4n) is 3.21. The monoisotopic (exact) mass is 354 g/mol. The van der Waals surface area contributed by atoms with Gasteiger partial charge >= 0.3 is 0 Å². The summed E-state index contributed by atoms with van der Waals surface area (Å²) in [6, 6.07) is 8.78. The molecule has 0 spiro atoms. The van der Waals surface area contributed by atoms with Crippen LogP contribution in [0.1, 0.15) is 68.3 Å². The Balaban J connectivity index is 1.53. The molecule has 26 heavy (non-hydrogen) atoms.